The molecule has 1 amide bonds. The molecular formula is C23H32N4O3S. The van der Waals surface area contributed by atoms with E-state index < -0.39 is 0 Å². The summed E-state index contributed by atoms with van der Waals surface area (Å²) in [6.45, 7) is 6.56. The molecule has 2 aliphatic rings. The Balaban J connectivity index is 1.44. The van der Waals surface area contributed by atoms with E-state index in [0.717, 1.165) is 50.4 Å². The van der Waals surface area contributed by atoms with E-state index in [1.54, 1.807) is 7.11 Å². The van der Waals surface area contributed by atoms with Gasteiger partial charge in [-0.15, -0.1) is 5.10 Å². The molecule has 31 heavy (non-hydrogen) atoms. The van der Waals surface area contributed by atoms with Crippen molar-refractivity contribution in [3.8, 4) is 5.75 Å². The van der Waals surface area contributed by atoms with Gasteiger partial charge in [-0.2, -0.15) is 0 Å². The van der Waals surface area contributed by atoms with Crippen molar-refractivity contribution in [1.29, 1.82) is 0 Å². The highest BCUT2D eigenvalue weighted by Crippen LogP contribution is 2.40. The van der Waals surface area contributed by atoms with Gasteiger partial charge in [0.1, 0.15) is 5.75 Å². The molecule has 7 nitrogen and oxygen atoms in total. The predicted molar refractivity (Wildman–Crippen MR) is 121 cm³/mol. The van der Waals surface area contributed by atoms with Crippen LogP contribution >= 0.6 is 11.5 Å². The Kier molecular flexibility index (Phi) is 7.53. The molecule has 1 aromatic carbocycles. The molecule has 8 heteroatoms. The van der Waals surface area contributed by atoms with Crippen LogP contribution in [0.1, 0.15) is 49.3 Å². The zero-order valence-corrected chi connectivity index (χ0v) is 19.2. The van der Waals surface area contributed by atoms with Crippen molar-refractivity contribution < 1.29 is 14.3 Å². The summed E-state index contributed by atoms with van der Waals surface area (Å²) < 4.78 is 15.4. The van der Waals surface area contributed by atoms with Gasteiger partial charge >= 0.3 is 0 Å². The Morgan fingerprint density at radius 2 is 2.13 bits per heavy atom. The van der Waals surface area contributed by atoms with Gasteiger partial charge in [-0.3, -0.25) is 9.69 Å². The first-order chi connectivity index (χ1) is 15.2. The zero-order chi connectivity index (χ0) is 21.6. The molecule has 3 heterocycles. The quantitative estimate of drug-likeness (QED) is 0.623. The average molecular weight is 445 g/mol. The smallest absolute Gasteiger partial charge is 0.236 e. The number of hydrogen-bond donors (Lipinski definition) is 0. The fourth-order valence-corrected chi connectivity index (χ4v) is 5.24. The summed E-state index contributed by atoms with van der Waals surface area (Å²) in [4.78, 5) is 17.5. The minimum Gasteiger partial charge on any atom is -0.497 e. The first-order valence-corrected chi connectivity index (χ1v) is 12.0. The van der Waals surface area contributed by atoms with E-state index in [1.165, 1.54) is 17.1 Å². The molecule has 0 radical (unpaired) electrons. The van der Waals surface area contributed by atoms with Gasteiger partial charge in [0, 0.05) is 43.5 Å². The number of ether oxygens (including phenoxy) is 2. The van der Waals surface area contributed by atoms with E-state index in [1.807, 2.05) is 22.4 Å². The molecule has 2 fully saturated rings. The van der Waals surface area contributed by atoms with Crippen molar-refractivity contribution >= 4 is 17.4 Å². The van der Waals surface area contributed by atoms with E-state index in [2.05, 4.69) is 33.5 Å². The third kappa shape index (κ3) is 5.42. The molecule has 2 aromatic rings. The second kappa shape index (κ2) is 10.5. The van der Waals surface area contributed by atoms with E-state index in [4.69, 9.17) is 9.47 Å². The van der Waals surface area contributed by atoms with Crippen LogP contribution in [0.5, 0.6) is 5.75 Å². The van der Waals surface area contributed by atoms with Crippen LogP contribution in [0.3, 0.4) is 0 Å². The standard InChI is InChI=1S/C23H32N4O3S/c1-3-10-30-19-8-5-9-26(12-19)15-23(28)27-13-20(17-6-4-7-18(11-17)29-2)21(14-27)22-16-31-25-24-22/h4,6-7,11,16,19-21H,3,5,8-10,12-15H2,1-2H3/t19-,20-,21+/m0/s1. The fourth-order valence-electron chi connectivity index (χ4n) is 4.72. The molecule has 0 aliphatic carbocycles. The number of benzene rings is 1. The molecule has 2 aliphatic heterocycles. The van der Waals surface area contributed by atoms with E-state index in [-0.39, 0.29) is 23.8 Å². The van der Waals surface area contributed by atoms with Crippen LogP contribution < -0.4 is 4.74 Å². The Morgan fingerprint density at radius 3 is 2.90 bits per heavy atom. The third-order valence-corrected chi connectivity index (χ3v) is 6.85. The molecule has 168 valence electrons. The van der Waals surface area contributed by atoms with Crippen LogP contribution in [-0.4, -0.2) is 77.8 Å². The fraction of sp³-hybridized carbons (Fsp3) is 0.609. The van der Waals surface area contributed by atoms with Gasteiger partial charge in [-0.1, -0.05) is 23.5 Å². The Bertz CT molecular complexity index is 847. The Morgan fingerprint density at radius 1 is 1.26 bits per heavy atom. The van der Waals surface area contributed by atoms with E-state index in [9.17, 15) is 4.79 Å². The average Bonchev–Trinajstić information content (AvgIpc) is 3.48. The molecule has 2 saturated heterocycles. The van der Waals surface area contributed by atoms with Crippen LogP contribution in [0.25, 0.3) is 0 Å². The van der Waals surface area contributed by atoms with Crippen LogP contribution in [0.4, 0.5) is 0 Å². The predicted octanol–water partition coefficient (Wildman–Crippen LogP) is 3.15. The molecule has 0 saturated carbocycles. The minimum absolute atomic E-state index is 0.150. The summed E-state index contributed by atoms with van der Waals surface area (Å²) in [7, 11) is 1.68. The van der Waals surface area contributed by atoms with Gasteiger partial charge in [-0.25, -0.2) is 0 Å². The Hall–Kier alpha value is -2.03. The normalized spacial score (nSPS) is 24.5. The maximum Gasteiger partial charge on any atom is 0.236 e. The summed E-state index contributed by atoms with van der Waals surface area (Å²) >= 11 is 1.36. The lowest BCUT2D eigenvalue weighted by Gasteiger charge is -2.33. The molecule has 0 unspecified atom stereocenters. The molecule has 0 bridgehead atoms. The summed E-state index contributed by atoms with van der Waals surface area (Å²) in [6, 6.07) is 8.16. The first kappa shape index (κ1) is 22.2. The number of hydrogen-bond acceptors (Lipinski definition) is 7. The lowest BCUT2D eigenvalue weighted by molar-refractivity contribution is -0.132. The summed E-state index contributed by atoms with van der Waals surface area (Å²) in [5.74, 6) is 1.36. The molecular weight excluding hydrogens is 412 g/mol. The first-order valence-electron chi connectivity index (χ1n) is 11.2. The van der Waals surface area contributed by atoms with Crippen LogP contribution in [-0.2, 0) is 9.53 Å². The largest absolute Gasteiger partial charge is 0.497 e. The van der Waals surface area contributed by atoms with Crippen LogP contribution in [0.2, 0.25) is 0 Å². The zero-order valence-electron chi connectivity index (χ0n) is 18.4. The maximum atomic E-state index is 13.2. The molecule has 1 aromatic heterocycles. The second-order valence-electron chi connectivity index (χ2n) is 8.49. The van der Waals surface area contributed by atoms with Crippen LogP contribution in [0.15, 0.2) is 29.6 Å². The number of methoxy groups -OCH3 is 1. The van der Waals surface area contributed by atoms with Crippen molar-refractivity contribution in [2.75, 3.05) is 46.4 Å². The monoisotopic (exact) mass is 444 g/mol. The molecule has 0 spiro atoms. The van der Waals surface area contributed by atoms with Gasteiger partial charge in [0.15, 0.2) is 0 Å². The number of rotatable bonds is 8. The lowest BCUT2D eigenvalue weighted by Crippen LogP contribution is -2.45. The van der Waals surface area contributed by atoms with Crippen molar-refractivity contribution in [2.45, 2.75) is 44.1 Å². The van der Waals surface area contributed by atoms with E-state index >= 15 is 0 Å². The summed E-state index contributed by atoms with van der Waals surface area (Å²) in [5, 5.41) is 6.34. The lowest BCUT2D eigenvalue weighted by atomic mass is 9.87. The highest BCUT2D eigenvalue weighted by molar-refractivity contribution is 7.03. The number of carbonyl (C=O) groups is 1. The van der Waals surface area contributed by atoms with E-state index in [0.29, 0.717) is 19.6 Å². The van der Waals surface area contributed by atoms with Crippen molar-refractivity contribution in [3.63, 3.8) is 0 Å². The van der Waals surface area contributed by atoms with Gasteiger partial charge in [0.25, 0.3) is 0 Å². The van der Waals surface area contributed by atoms with Crippen molar-refractivity contribution in [2.24, 2.45) is 0 Å². The van der Waals surface area contributed by atoms with Gasteiger partial charge in [0.2, 0.25) is 5.91 Å². The van der Waals surface area contributed by atoms with Crippen molar-refractivity contribution in [3.05, 3.63) is 40.9 Å². The van der Waals surface area contributed by atoms with Crippen molar-refractivity contribution in [1.82, 2.24) is 19.4 Å². The van der Waals surface area contributed by atoms with Crippen LogP contribution in [0, 0.1) is 0 Å². The number of amides is 1. The molecule has 0 N–H and O–H groups in total. The highest BCUT2D eigenvalue weighted by atomic mass is 32.1. The number of likely N-dealkylation sites (tertiary alicyclic amines) is 2. The number of nitrogens with zero attached hydrogens (tertiary/aromatic N) is 4. The van der Waals surface area contributed by atoms with Gasteiger partial charge in [0.05, 0.1) is 25.5 Å². The SMILES string of the molecule is CCCO[C@H]1CCCN(CC(=O)N2C[C@@H](c3cccc(OC)c3)[C@H](c3csnn3)C2)C1. The number of piperidine rings is 1. The number of aromatic nitrogens is 2. The topological polar surface area (TPSA) is 67.8 Å². The summed E-state index contributed by atoms with van der Waals surface area (Å²) in [5.41, 5.74) is 2.15. The Labute approximate surface area is 188 Å². The summed E-state index contributed by atoms with van der Waals surface area (Å²) in [6.07, 6.45) is 3.45. The third-order valence-electron chi connectivity index (χ3n) is 6.33. The van der Waals surface area contributed by atoms with Gasteiger partial charge < -0.3 is 14.4 Å². The molecule has 3 atom stereocenters. The minimum atomic E-state index is 0.150. The second-order valence-corrected chi connectivity index (χ2v) is 9.10. The molecule has 4 rings (SSSR count). The number of carbonyl (C=O) groups excluding carboxylic acids is 1. The highest BCUT2D eigenvalue weighted by Gasteiger charge is 2.39. The van der Waals surface area contributed by atoms with Gasteiger partial charge in [-0.05, 0) is 55.0 Å². The maximum absolute atomic E-state index is 13.2.